The molecule has 0 bridgehead atoms. The molecule has 1 spiro atoms. The highest BCUT2D eigenvalue weighted by atomic mass is 19.4. The molecule has 2 aliphatic rings. The van der Waals surface area contributed by atoms with Crippen LogP contribution in [0, 0.1) is 5.41 Å². The first-order chi connectivity index (χ1) is 10.3. The van der Waals surface area contributed by atoms with Crippen molar-refractivity contribution in [1.29, 1.82) is 0 Å². The molecule has 1 amide bonds. The van der Waals surface area contributed by atoms with Gasteiger partial charge in [0.15, 0.2) is 0 Å². The van der Waals surface area contributed by atoms with Gasteiger partial charge < -0.3 is 14.9 Å². The molecule has 0 saturated carbocycles. The highest BCUT2D eigenvalue weighted by Gasteiger charge is 2.46. The van der Waals surface area contributed by atoms with E-state index in [1.807, 2.05) is 0 Å². The lowest BCUT2D eigenvalue weighted by Gasteiger charge is -2.26. The van der Waals surface area contributed by atoms with Crippen LogP contribution < -0.4 is 4.90 Å². The molecule has 120 valence electrons. The van der Waals surface area contributed by atoms with Crippen LogP contribution in [0.3, 0.4) is 0 Å². The zero-order valence-electron chi connectivity index (χ0n) is 11.9. The number of likely N-dealkylation sites (tertiary alicyclic amines) is 1. The lowest BCUT2D eigenvalue weighted by Crippen LogP contribution is -2.33. The van der Waals surface area contributed by atoms with Gasteiger partial charge in [-0.2, -0.15) is 13.2 Å². The Hall–Kier alpha value is -1.92. The molecule has 4 nitrogen and oxygen atoms in total. The number of nitrogens with zero attached hydrogens (tertiary/aromatic N) is 2. The SMILES string of the molecule is O=C(O)N1CCC2(CCN(c3ccccc3C(F)(F)F)C2)C1. The summed E-state index contributed by atoms with van der Waals surface area (Å²) in [7, 11) is 0. The van der Waals surface area contributed by atoms with E-state index in [1.54, 1.807) is 11.0 Å². The Bertz CT molecular complexity index is 590. The van der Waals surface area contributed by atoms with Crippen LogP contribution in [0.15, 0.2) is 24.3 Å². The Kier molecular flexibility index (Phi) is 3.45. The van der Waals surface area contributed by atoms with E-state index < -0.39 is 17.8 Å². The molecule has 2 saturated heterocycles. The van der Waals surface area contributed by atoms with E-state index in [1.165, 1.54) is 17.0 Å². The fourth-order valence-corrected chi connectivity index (χ4v) is 3.56. The molecule has 2 heterocycles. The fraction of sp³-hybridized carbons (Fsp3) is 0.533. The van der Waals surface area contributed by atoms with Gasteiger partial charge in [0.2, 0.25) is 0 Å². The second kappa shape index (κ2) is 5.07. The van der Waals surface area contributed by atoms with Gasteiger partial charge in [0.1, 0.15) is 0 Å². The van der Waals surface area contributed by atoms with E-state index >= 15 is 0 Å². The van der Waals surface area contributed by atoms with Gasteiger partial charge in [-0.1, -0.05) is 12.1 Å². The summed E-state index contributed by atoms with van der Waals surface area (Å²) in [6, 6.07) is 5.58. The standard InChI is InChI=1S/C15H17F3N2O2/c16-15(17,18)11-3-1-2-4-12(11)19-7-5-14(9-19)6-8-20(10-14)13(21)22/h1-4H,5-10H2,(H,21,22). The molecule has 2 aliphatic heterocycles. The Labute approximate surface area is 126 Å². The number of rotatable bonds is 1. The van der Waals surface area contributed by atoms with Crippen LogP contribution in [-0.2, 0) is 6.18 Å². The summed E-state index contributed by atoms with van der Waals surface area (Å²) in [5, 5.41) is 9.05. The number of anilines is 1. The zero-order valence-corrected chi connectivity index (χ0v) is 11.9. The average molecular weight is 314 g/mol. The number of halogens is 3. The number of hydrogen-bond donors (Lipinski definition) is 1. The smallest absolute Gasteiger partial charge is 0.418 e. The molecule has 2 fully saturated rings. The molecule has 0 aromatic heterocycles. The summed E-state index contributed by atoms with van der Waals surface area (Å²) < 4.78 is 39.4. The molecule has 1 N–H and O–H groups in total. The van der Waals surface area contributed by atoms with Crippen LogP contribution >= 0.6 is 0 Å². The van der Waals surface area contributed by atoms with Crippen molar-refractivity contribution in [2.45, 2.75) is 19.0 Å². The van der Waals surface area contributed by atoms with Gasteiger partial charge in [-0.25, -0.2) is 4.79 Å². The molecule has 0 radical (unpaired) electrons. The maximum absolute atomic E-state index is 13.1. The average Bonchev–Trinajstić information content (AvgIpc) is 3.06. The molecule has 0 aliphatic carbocycles. The van der Waals surface area contributed by atoms with Crippen LogP contribution in [0.4, 0.5) is 23.7 Å². The maximum atomic E-state index is 13.1. The van der Waals surface area contributed by atoms with E-state index in [2.05, 4.69) is 0 Å². The highest BCUT2D eigenvalue weighted by molar-refractivity contribution is 5.65. The van der Waals surface area contributed by atoms with Gasteiger partial charge in [0.25, 0.3) is 0 Å². The summed E-state index contributed by atoms with van der Waals surface area (Å²) in [6.07, 6.45) is -3.90. The minimum atomic E-state index is -4.38. The second-order valence-corrected chi connectivity index (χ2v) is 6.14. The third kappa shape index (κ3) is 2.60. The molecule has 1 aromatic carbocycles. The van der Waals surface area contributed by atoms with E-state index in [-0.39, 0.29) is 11.1 Å². The normalized spacial score (nSPS) is 25.2. The van der Waals surface area contributed by atoms with Crippen molar-refractivity contribution in [3.8, 4) is 0 Å². The van der Waals surface area contributed by atoms with Crippen molar-refractivity contribution in [2.24, 2.45) is 5.41 Å². The topological polar surface area (TPSA) is 43.8 Å². The zero-order chi connectivity index (χ0) is 16.0. The maximum Gasteiger partial charge on any atom is 0.418 e. The summed E-state index contributed by atoms with van der Waals surface area (Å²) in [5.74, 6) is 0. The summed E-state index contributed by atoms with van der Waals surface area (Å²) in [5.41, 5.74) is -0.641. The van der Waals surface area contributed by atoms with Gasteiger partial charge in [-0.15, -0.1) is 0 Å². The highest BCUT2D eigenvalue weighted by Crippen LogP contribution is 2.44. The predicted octanol–water partition coefficient (Wildman–Crippen LogP) is 3.29. The number of carbonyl (C=O) groups is 1. The Morgan fingerprint density at radius 1 is 1.14 bits per heavy atom. The third-order valence-electron chi connectivity index (χ3n) is 4.70. The van der Waals surface area contributed by atoms with Crippen molar-refractivity contribution in [3.05, 3.63) is 29.8 Å². The van der Waals surface area contributed by atoms with Crippen molar-refractivity contribution >= 4 is 11.8 Å². The molecule has 22 heavy (non-hydrogen) atoms. The van der Waals surface area contributed by atoms with Gasteiger partial charge in [0, 0.05) is 37.3 Å². The molecule has 1 unspecified atom stereocenters. The number of para-hydroxylation sites is 1. The second-order valence-electron chi connectivity index (χ2n) is 6.14. The lowest BCUT2D eigenvalue weighted by atomic mass is 9.86. The van der Waals surface area contributed by atoms with Crippen molar-refractivity contribution in [1.82, 2.24) is 4.90 Å². The molecule has 3 rings (SSSR count). The first-order valence-electron chi connectivity index (χ1n) is 7.20. The van der Waals surface area contributed by atoms with Crippen LogP contribution in [0.5, 0.6) is 0 Å². The predicted molar refractivity (Wildman–Crippen MR) is 74.9 cm³/mol. The van der Waals surface area contributed by atoms with Crippen molar-refractivity contribution < 1.29 is 23.1 Å². The first kappa shape index (κ1) is 15.0. The van der Waals surface area contributed by atoms with E-state index in [9.17, 15) is 18.0 Å². The minimum absolute atomic E-state index is 0.195. The number of amides is 1. The fourth-order valence-electron chi connectivity index (χ4n) is 3.56. The van der Waals surface area contributed by atoms with E-state index in [0.29, 0.717) is 32.6 Å². The van der Waals surface area contributed by atoms with Gasteiger partial charge >= 0.3 is 12.3 Å². The van der Waals surface area contributed by atoms with E-state index in [0.717, 1.165) is 12.5 Å². The number of hydrogen-bond acceptors (Lipinski definition) is 2. The van der Waals surface area contributed by atoms with Gasteiger partial charge in [-0.05, 0) is 25.0 Å². The Morgan fingerprint density at radius 3 is 2.45 bits per heavy atom. The quantitative estimate of drug-likeness (QED) is 0.865. The van der Waals surface area contributed by atoms with E-state index in [4.69, 9.17) is 5.11 Å². The largest absolute Gasteiger partial charge is 0.465 e. The van der Waals surface area contributed by atoms with Gasteiger partial charge in [-0.3, -0.25) is 0 Å². The Morgan fingerprint density at radius 2 is 1.82 bits per heavy atom. The number of carboxylic acid groups (broad SMARTS) is 1. The lowest BCUT2D eigenvalue weighted by molar-refractivity contribution is -0.137. The molecular weight excluding hydrogens is 297 g/mol. The minimum Gasteiger partial charge on any atom is -0.465 e. The van der Waals surface area contributed by atoms with Crippen molar-refractivity contribution in [2.75, 3.05) is 31.1 Å². The van der Waals surface area contributed by atoms with Crippen LogP contribution in [0.2, 0.25) is 0 Å². The van der Waals surface area contributed by atoms with Crippen molar-refractivity contribution in [3.63, 3.8) is 0 Å². The number of benzene rings is 1. The molecular formula is C15H17F3N2O2. The number of alkyl halides is 3. The summed E-state index contributed by atoms with van der Waals surface area (Å²) >= 11 is 0. The third-order valence-corrected chi connectivity index (χ3v) is 4.70. The molecule has 7 heteroatoms. The van der Waals surface area contributed by atoms with Crippen LogP contribution in [0.25, 0.3) is 0 Å². The van der Waals surface area contributed by atoms with Gasteiger partial charge in [0.05, 0.1) is 5.56 Å². The summed E-state index contributed by atoms with van der Waals surface area (Å²) in [6.45, 7) is 1.88. The Balaban J connectivity index is 1.81. The summed E-state index contributed by atoms with van der Waals surface area (Å²) in [4.78, 5) is 14.1. The monoisotopic (exact) mass is 314 g/mol. The van der Waals surface area contributed by atoms with Crippen LogP contribution in [0.1, 0.15) is 18.4 Å². The first-order valence-corrected chi connectivity index (χ1v) is 7.20. The molecule has 1 atom stereocenters. The molecule has 1 aromatic rings. The van der Waals surface area contributed by atoms with Crippen LogP contribution in [-0.4, -0.2) is 42.3 Å².